The minimum absolute atomic E-state index is 0.0682. The number of anilines is 2. The summed E-state index contributed by atoms with van der Waals surface area (Å²) in [6.07, 6.45) is 5.42. The quantitative estimate of drug-likeness (QED) is 0.194. The molecule has 5 aromatic rings. The highest BCUT2D eigenvalue weighted by atomic mass is 35.5. The Labute approximate surface area is 284 Å². The molecule has 1 unspecified atom stereocenters. The van der Waals surface area contributed by atoms with E-state index in [-0.39, 0.29) is 24.4 Å². The van der Waals surface area contributed by atoms with Crippen LogP contribution in [0.25, 0.3) is 5.69 Å². The molecule has 0 radical (unpaired) electrons. The minimum atomic E-state index is -1.07. The predicted molar refractivity (Wildman–Crippen MR) is 183 cm³/mol. The fourth-order valence-corrected chi connectivity index (χ4v) is 6.36. The molecule has 0 aliphatic carbocycles. The Bertz CT molecular complexity index is 1850. The predicted octanol–water partition coefficient (Wildman–Crippen LogP) is 4.92. The first-order valence-corrected chi connectivity index (χ1v) is 16.7. The lowest BCUT2D eigenvalue weighted by Gasteiger charge is -2.37. The highest BCUT2D eigenvalue weighted by Gasteiger charge is 2.44. The van der Waals surface area contributed by atoms with E-state index in [2.05, 4.69) is 56.3 Å². The van der Waals surface area contributed by atoms with Gasteiger partial charge in [0.05, 0.1) is 30.7 Å². The smallest absolute Gasteiger partial charge is 0.350 e. The molecular weight excluding hydrogens is 632 g/mol. The van der Waals surface area contributed by atoms with Gasteiger partial charge in [0.15, 0.2) is 0 Å². The topological polar surface area (TPSA) is 105 Å². The van der Waals surface area contributed by atoms with Crippen molar-refractivity contribution in [1.29, 1.82) is 0 Å². The van der Waals surface area contributed by atoms with Gasteiger partial charge in [0.2, 0.25) is 5.79 Å². The number of ether oxygens (including phenoxy) is 3. The van der Waals surface area contributed by atoms with E-state index in [4.69, 9.17) is 25.8 Å². The van der Waals surface area contributed by atoms with Gasteiger partial charge in [-0.2, -0.15) is 20.1 Å². The van der Waals surface area contributed by atoms with Gasteiger partial charge in [-0.05, 0) is 74.0 Å². The van der Waals surface area contributed by atoms with Crippen LogP contribution in [0.2, 0.25) is 5.02 Å². The summed E-state index contributed by atoms with van der Waals surface area (Å²) in [7, 11) is 0. The van der Waals surface area contributed by atoms with Gasteiger partial charge in [-0.3, -0.25) is 0 Å². The number of benzene rings is 3. The first-order valence-electron chi connectivity index (χ1n) is 16.3. The van der Waals surface area contributed by atoms with Crippen molar-refractivity contribution in [1.82, 2.24) is 29.3 Å². The summed E-state index contributed by atoms with van der Waals surface area (Å²) in [5.41, 5.74) is 3.81. The van der Waals surface area contributed by atoms with Crippen molar-refractivity contribution in [3.05, 3.63) is 113 Å². The van der Waals surface area contributed by atoms with E-state index >= 15 is 0 Å². The van der Waals surface area contributed by atoms with Crippen LogP contribution in [-0.2, 0) is 21.8 Å². The van der Waals surface area contributed by atoms with Crippen LogP contribution >= 0.6 is 11.6 Å². The van der Waals surface area contributed by atoms with Crippen molar-refractivity contribution in [2.45, 2.75) is 44.7 Å². The second kappa shape index (κ2) is 13.8. The molecule has 3 aromatic carbocycles. The molecule has 3 atom stereocenters. The lowest BCUT2D eigenvalue weighted by atomic mass is 10.1. The van der Waals surface area contributed by atoms with E-state index in [0.29, 0.717) is 18.2 Å². The average Bonchev–Trinajstić information content (AvgIpc) is 3.89. The highest BCUT2D eigenvalue weighted by molar-refractivity contribution is 6.30. The van der Waals surface area contributed by atoms with E-state index in [9.17, 15) is 4.79 Å². The van der Waals surface area contributed by atoms with Gasteiger partial charge in [0.1, 0.15) is 31.3 Å². The summed E-state index contributed by atoms with van der Waals surface area (Å²) in [6.45, 7) is 8.62. The Hall–Kier alpha value is -4.65. The standard InChI is InChI=1S/C35H39ClN8O4/c1-3-26(2)44-34(45)42(25-39-44)31-9-7-29(8-10-31)40-17-19-41(20-18-40)30-11-13-32(14-12-30)46-22-33-23-47-35(48-33,24-43-37-15-16-38-43)27-5-4-6-28(36)21-27/h4-16,21,25-26,33H,3,17-20,22-24H2,1-2H3/t26?,33-,35-/m1/s1. The summed E-state index contributed by atoms with van der Waals surface area (Å²) in [5, 5.41) is 13.4. The molecule has 250 valence electrons. The van der Waals surface area contributed by atoms with Crippen molar-refractivity contribution >= 4 is 23.0 Å². The van der Waals surface area contributed by atoms with Crippen LogP contribution in [0, 0.1) is 0 Å². The maximum atomic E-state index is 12.8. The number of nitrogens with zero attached hydrogens (tertiary/aromatic N) is 8. The summed E-state index contributed by atoms with van der Waals surface area (Å²) in [4.78, 5) is 19.1. The zero-order chi connectivity index (χ0) is 33.1. The first kappa shape index (κ1) is 31.9. The monoisotopic (exact) mass is 670 g/mol. The summed E-state index contributed by atoms with van der Waals surface area (Å²) in [6, 6.07) is 23.9. The summed E-state index contributed by atoms with van der Waals surface area (Å²) >= 11 is 6.30. The van der Waals surface area contributed by atoms with Gasteiger partial charge in [0, 0.05) is 48.1 Å². The molecule has 0 spiro atoms. The van der Waals surface area contributed by atoms with Gasteiger partial charge in [-0.25, -0.2) is 14.0 Å². The Morgan fingerprint density at radius 3 is 2.21 bits per heavy atom. The third kappa shape index (κ3) is 6.69. The fourth-order valence-electron chi connectivity index (χ4n) is 6.17. The summed E-state index contributed by atoms with van der Waals surface area (Å²) in [5.74, 6) is -0.299. The van der Waals surface area contributed by atoms with Crippen molar-refractivity contribution < 1.29 is 14.2 Å². The number of rotatable bonds is 11. The summed E-state index contributed by atoms with van der Waals surface area (Å²) < 4.78 is 22.0. The maximum Gasteiger partial charge on any atom is 0.350 e. The van der Waals surface area contributed by atoms with Crippen LogP contribution in [0.15, 0.2) is 96.3 Å². The second-order valence-electron chi connectivity index (χ2n) is 12.2. The minimum Gasteiger partial charge on any atom is -0.491 e. The van der Waals surface area contributed by atoms with Crippen LogP contribution in [0.5, 0.6) is 5.75 Å². The first-order chi connectivity index (χ1) is 23.4. The largest absolute Gasteiger partial charge is 0.491 e. The van der Waals surface area contributed by atoms with Crippen molar-refractivity contribution in [2.24, 2.45) is 0 Å². The molecule has 2 aliphatic rings. The SMILES string of the molecule is CCC(C)n1ncn(-c2ccc(N3CCN(c4ccc(OC[C@@H]5CO[C@@](Cn6nccn6)(c6cccc(Cl)c6)O5)cc4)CC3)cc2)c1=O. The van der Waals surface area contributed by atoms with Crippen molar-refractivity contribution in [3.63, 3.8) is 0 Å². The molecule has 0 saturated carbocycles. The average molecular weight is 671 g/mol. The number of piperazine rings is 1. The Morgan fingerprint density at radius 2 is 1.56 bits per heavy atom. The van der Waals surface area contributed by atoms with Gasteiger partial charge >= 0.3 is 5.69 Å². The molecule has 2 aliphatic heterocycles. The van der Waals surface area contributed by atoms with Crippen molar-refractivity contribution in [2.75, 3.05) is 49.2 Å². The molecule has 0 amide bonds. The lowest BCUT2D eigenvalue weighted by molar-refractivity contribution is -0.192. The second-order valence-corrected chi connectivity index (χ2v) is 12.6. The molecule has 7 rings (SSSR count). The molecule has 4 heterocycles. The number of hydrogen-bond acceptors (Lipinski definition) is 9. The van der Waals surface area contributed by atoms with Gasteiger partial charge in [-0.1, -0.05) is 30.7 Å². The normalized spacial score (nSPS) is 20.3. The van der Waals surface area contributed by atoms with Crippen molar-refractivity contribution in [3.8, 4) is 11.4 Å². The van der Waals surface area contributed by atoms with E-state index in [1.54, 1.807) is 32.8 Å². The Balaban J connectivity index is 0.919. The van der Waals surface area contributed by atoms with Gasteiger partial charge in [-0.15, -0.1) is 0 Å². The van der Waals surface area contributed by atoms with Gasteiger partial charge < -0.3 is 24.0 Å². The van der Waals surface area contributed by atoms with Crippen LogP contribution in [0.4, 0.5) is 11.4 Å². The van der Waals surface area contributed by atoms with E-state index in [1.165, 1.54) is 0 Å². The molecule has 48 heavy (non-hydrogen) atoms. The maximum absolute atomic E-state index is 12.8. The number of aromatic nitrogens is 6. The molecule has 2 fully saturated rings. The Kier molecular flexibility index (Phi) is 9.20. The molecular formula is C35H39ClN8O4. The van der Waals surface area contributed by atoms with E-state index < -0.39 is 5.79 Å². The molecule has 2 aromatic heterocycles. The zero-order valence-corrected chi connectivity index (χ0v) is 27.8. The third-order valence-electron chi connectivity index (χ3n) is 9.05. The van der Waals surface area contributed by atoms with Crippen LogP contribution in [0.1, 0.15) is 31.9 Å². The lowest BCUT2D eigenvalue weighted by Crippen LogP contribution is -2.46. The third-order valence-corrected chi connectivity index (χ3v) is 9.29. The van der Waals surface area contributed by atoms with E-state index in [0.717, 1.165) is 61.0 Å². The fraction of sp³-hybridized carbons (Fsp3) is 0.371. The van der Waals surface area contributed by atoms with Gasteiger partial charge in [0.25, 0.3) is 0 Å². The highest BCUT2D eigenvalue weighted by Crippen LogP contribution is 2.37. The molecule has 12 nitrogen and oxygen atoms in total. The Morgan fingerprint density at radius 1 is 0.917 bits per heavy atom. The van der Waals surface area contributed by atoms with Crippen LogP contribution in [0.3, 0.4) is 0 Å². The molecule has 0 N–H and O–H groups in total. The zero-order valence-electron chi connectivity index (χ0n) is 27.1. The number of halogens is 1. The van der Waals surface area contributed by atoms with E-state index in [1.807, 2.05) is 55.5 Å². The molecule has 0 bridgehead atoms. The molecule has 13 heteroatoms. The van der Waals surface area contributed by atoms with Crippen LogP contribution in [-0.4, -0.2) is 74.8 Å². The molecule has 2 saturated heterocycles. The number of hydrogen-bond donors (Lipinski definition) is 0. The van der Waals surface area contributed by atoms with Crippen LogP contribution < -0.4 is 20.2 Å².